The van der Waals surface area contributed by atoms with Crippen LogP contribution in [0.4, 0.5) is 5.69 Å². The molecule has 2 aromatic rings. The SMILES string of the molecule is O=C(Nc1ccccc1SC1CCCC1)c1ccc(CN2C(=O)CCC2=O)cc1. The van der Waals surface area contributed by atoms with Gasteiger partial charge in [0.05, 0.1) is 12.2 Å². The van der Waals surface area contributed by atoms with E-state index in [-0.39, 0.29) is 37.1 Å². The lowest BCUT2D eigenvalue weighted by Crippen LogP contribution is -2.28. The fraction of sp³-hybridized carbons (Fsp3) is 0.348. The van der Waals surface area contributed by atoms with Crippen LogP contribution >= 0.6 is 11.8 Å². The third-order valence-electron chi connectivity index (χ3n) is 5.44. The molecule has 0 spiro atoms. The first-order valence-corrected chi connectivity index (χ1v) is 11.0. The van der Waals surface area contributed by atoms with Gasteiger partial charge < -0.3 is 5.32 Å². The van der Waals surface area contributed by atoms with Gasteiger partial charge in [0.15, 0.2) is 0 Å². The number of nitrogens with one attached hydrogen (secondary N) is 1. The number of imide groups is 1. The predicted octanol–water partition coefficient (Wildman–Crippen LogP) is 4.62. The first kappa shape index (κ1) is 19.7. The quantitative estimate of drug-likeness (QED) is 0.708. The number of likely N-dealkylation sites (tertiary alicyclic amines) is 1. The Morgan fingerprint density at radius 2 is 1.62 bits per heavy atom. The zero-order valence-electron chi connectivity index (χ0n) is 16.2. The smallest absolute Gasteiger partial charge is 0.255 e. The third-order valence-corrected chi connectivity index (χ3v) is 6.86. The Morgan fingerprint density at radius 3 is 2.31 bits per heavy atom. The molecule has 2 fully saturated rings. The van der Waals surface area contributed by atoms with Crippen molar-refractivity contribution in [3.8, 4) is 0 Å². The number of hydrogen-bond donors (Lipinski definition) is 1. The molecule has 2 aromatic carbocycles. The van der Waals surface area contributed by atoms with Crippen LogP contribution in [0.1, 0.15) is 54.4 Å². The first-order valence-electron chi connectivity index (χ1n) is 10.1. The summed E-state index contributed by atoms with van der Waals surface area (Å²) in [7, 11) is 0. The van der Waals surface area contributed by atoms with Gasteiger partial charge in [0.1, 0.15) is 0 Å². The number of rotatable bonds is 6. The van der Waals surface area contributed by atoms with Gasteiger partial charge in [-0.2, -0.15) is 0 Å². The second-order valence-electron chi connectivity index (χ2n) is 7.55. The summed E-state index contributed by atoms with van der Waals surface area (Å²) in [4.78, 5) is 38.6. The summed E-state index contributed by atoms with van der Waals surface area (Å²) in [6.07, 6.45) is 5.61. The standard InChI is InChI=1S/C23H24N2O3S/c26-21-13-14-22(27)25(21)15-16-9-11-17(12-10-16)23(28)24-19-7-3-4-8-20(19)29-18-5-1-2-6-18/h3-4,7-12,18H,1-2,5-6,13-15H2,(H,24,28). The molecule has 1 heterocycles. The van der Waals surface area contributed by atoms with Crippen LogP contribution in [0.25, 0.3) is 0 Å². The lowest BCUT2D eigenvalue weighted by atomic mass is 10.1. The summed E-state index contributed by atoms with van der Waals surface area (Å²) in [5, 5.41) is 3.66. The molecule has 0 aromatic heterocycles. The number of nitrogens with zero attached hydrogens (tertiary/aromatic N) is 1. The van der Waals surface area contributed by atoms with E-state index in [0.29, 0.717) is 10.8 Å². The summed E-state index contributed by atoms with van der Waals surface area (Å²) in [5.41, 5.74) is 2.22. The minimum Gasteiger partial charge on any atom is -0.321 e. The van der Waals surface area contributed by atoms with Gasteiger partial charge in [-0.1, -0.05) is 37.1 Å². The Balaban J connectivity index is 1.41. The number of anilines is 1. The molecule has 0 atom stereocenters. The van der Waals surface area contributed by atoms with Crippen molar-refractivity contribution in [2.75, 3.05) is 5.32 Å². The van der Waals surface area contributed by atoms with Crippen molar-refractivity contribution in [3.63, 3.8) is 0 Å². The monoisotopic (exact) mass is 408 g/mol. The predicted molar refractivity (Wildman–Crippen MR) is 114 cm³/mol. The van der Waals surface area contributed by atoms with Gasteiger partial charge in [-0.15, -0.1) is 11.8 Å². The topological polar surface area (TPSA) is 66.5 Å². The highest BCUT2D eigenvalue weighted by atomic mass is 32.2. The third kappa shape index (κ3) is 4.70. The Morgan fingerprint density at radius 1 is 0.966 bits per heavy atom. The summed E-state index contributed by atoms with van der Waals surface area (Å²) in [6, 6.07) is 15.0. The molecule has 0 unspecified atom stereocenters. The number of amides is 3. The lowest BCUT2D eigenvalue weighted by molar-refractivity contribution is -0.139. The number of benzene rings is 2. The van der Waals surface area contributed by atoms with Crippen LogP contribution in [-0.2, 0) is 16.1 Å². The van der Waals surface area contributed by atoms with E-state index in [0.717, 1.165) is 16.1 Å². The van der Waals surface area contributed by atoms with E-state index >= 15 is 0 Å². The van der Waals surface area contributed by atoms with Gasteiger partial charge in [-0.05, 0) is 42.7 Å². The average molecular weight is 409 g/mol. The largest absolute Gasteiger partial charge is 0.321 e. The maximum Gasteiger partial charge on any atom is 0.255 e. The van der Waals surface area contributed by atoms with Crippen LogP contribution in [0.2, 0.25) is 0 Å². The molecule has 1 aliphatic heterocycles. The average Bonchev–Trinajstić information content (AvgIpc) is 3.35. The maximum absolute atomic E-state index is 12.7. The van der Waals surface area contributed by atoms with E-state index < -0.39 is 0 Å². The molecule has 29 heavy (non-hydrogen) atoms. The second kappa shape index (κ2) is 8.82. The van der Waals surface area contributed by atoms with Crippen molar-refractivity contribution in [1.82, 2.24) is 4.90 Å². The summed E-state index contributed by atoms with van der Waals surface area (Å²) < 4.78 is 0. The van der Waals surface area contributed by atoms with Crippen LogP contribution in [0.15, 0.2) is 53.4 Å². The zero-order chi connectivity index (χ0) is 20.2. The highest BCUT2D eigenvalue weighted by molar-refractivity contribution is 8.00. The number of para-hydroxylation sites is 1. The summed E-state index contributed by atoms with van der Waals surface area (Å²) >= 11 is 1.85. The number of carbonyl (C=O) groups excluding carboxylic acids is 3. The Hall–Kier alpha value is -2.60. The Labute approximate surface area is 174 Å². The molecule has 0 bridgehead atoms. The minimum absolute atomic E-state index is 0.131. The van der Waals surface area contributed by atoms with Crippen LogP contribution in [0.5, 0.6) is 0 Å². The minimum atomic E-state index is -0.163. The molecule has 0 radical (unpaired) electrons. The molecule has 150 valence electrons. The number of hydrogen-bond acceptors (Lipinski definition) is 4. The number of thioether (sulfide) groups is 1. The molecular weight excluding hydrogens is 384 g/mol. The van der Waals surface area contributed by atoms with Crippen molar-refractivity contribution in [3.05, 3.63) is 59.7 Å². The molecule has 4 rings (SSSR count). The molecular formula is C23H24N2O3S. The van der Waals surface area contributed by atoms with Crippen LogP contribution in [0, 0.1) is 0 Å². The van der Waals surface area contributed by atoms with Gasteiger partial charge in [0, 0.05) is 28.6 Å². The van der Waals surface area contributed by atoms with Crippen LogP contribution in [-0.4, -0.2) is 27.9 Å². The fourth-order valence-corrected chi connectivity index (χ4v) is 5.13. The van der Waals surface area contributed by atoms with E-state index in [1.165, 1.54) is 30.6 Å². The Bertz CT molecular complexity index is 904. The van der Waals surface area contributed by atoms with Crippen molar-refractivity contribution >= 4 is 35.2 Å². The van der Waals surface area contributed by atoms with Crippen LogP contribution < -0.4 is 5.32 Å². The highest BCUT2D eigenvalue weighted by Crippen LogP contribution is 2.38. The zero-order valence-corrected chi connectivity index (χ0v) is 17.0. The first-order chi connectivity index (χ1) is 14.1. The van der Waals surface area contributed by atoms with Gasteiger partial charge in [-0.3, -0.25) is 19.3 Å². The van der Waals surface area contributed by atoms with Gasteiger partial charge >= 0.3 is 0 Å². The molecule has 1 N–H and O–H groups in total. The Kier molecular flexibility index (Phi) is 6.00. The molecule has 3 amide bonds. The van der Waals surface area contributed by atoms with E-state index in [4.69, 9.17) is 0 Å². The molecule has 1 aliphatic carbocycles. The lowest BCUT2D eigenvalue weighted by Gasteiger charge is -2.15. The van der Waals surface area contributed by atoms with Crippen molar-refractivity contribution in [1.29, 1.82) is 0 Å². The van der Waals surface area contributed by atoms with Crippen LogP contribution in [0.3, 0.4) is 0 Å². The molecule has 1 saturated heterocycles. The van der Waals surface area contributed by atoms with E-state index in [2.05, 4.69) is 11.4 Å². The van der Waals surface area contributed by atoms with E-state index in [1.807, 2.05) is 30.0 Å². The van der Waals surface area contributed by atoms with E-state index in [1.54, 1.807) is 24.3 Å². The van der Waals surface area contributed by atoms with Gasteiger partial charge in [0.2, 0.25) is 11.8 Å². The van der Waals surface area contributed by atoms with Gasteiger partial charge in [-0.25, -0.2) is 0 Å². The second-order valence-corrected chi connectivity index (χ2v) is 8.89. The molecule has 2 aliphatic rings. The van der Waals surface area contributed by atoms with Gasteiger partial charge in [0.25, 0.3) is 5.91 Å². The van der Waals surface area contributed by atoms with E-state index in [9.17, 15) is 14.4 Å². The molecule has 5 nitrogen and oxygen atoms in total. The normalized spacial score (nSPS) is 17.2. The van der Waals surface area contributed by atoms with Crippen molar-refractivity contribution < 1.29 is 14.4 Å². The van der Waals surface area contributed by atoms with Crippen molar-refractivity contribution in [2.24, 2.45) is 0 Å². The molecule has 6 heteroatoms. The molecule has 1 saturated carbocycles. The summed E-state index contributed by atoms with van der Waals surface area (Å²) in [5.74, 6) is -0.425. The number of carbonyl (C=O) groups is 3. The highest BCUT2D eigenvalue weighted by Gasteiger charge is 2.28. The van der Waals surface area contributed by atoms with Crippen molar-refractivity contribution in [2.45, 2.75) is 55.2 Å². The fourth-order valence-electron chi connectivity index (χ4n) is 3.80. The summed E-state index contributed by atoms with van der Waals surface area (Å²) in [6.45, 7) is 0.264. The maximum atomic E-state index is 12.7.